The van der Waals surface area contributed by atoms with Crippen LogP contribution < -0.4 is 10.1 Å². The smallest absolute Gasteiger partial charge is 0.306 e. The van der Waals surface area contributed by atoms with E-state index >= 15 is 0 Å². The second kappa shape index (κ2) is 7.75. The number of carbonyl (C=O) groups is 2. The average Bonchev–Trinajstić information content (AvgIpc) is 2.38. The van der Waals surface area contributed by atoms with Crippen molar-refractivity contribution < 1.29 is 19.1 Å². The molecule has 20 heavy (non-hydrogen) atoms. The van der Waals surface area contributed by atoms with Crippen LogP contribution in [0.4, 0.5) is 5.69 Å². The van der Waals surface area contributed by atoms with Crippen LogP contribution in [-0.4, -0.2) is 25.1 Å². The van der Waals surface area contributed by atoms with Crippen LogP contribution in [0.5, 0.6) is 5.75 Å². The molecular weight excluding hydrogens is 282 g/mol. The predicted molar refractivity (Wildman–Crippen MR) is 77.1 cm³/mol. The molecule has 0 aliphatic heterocycles. The van der Waals surface area contributed by atoms with Gasteiger partial charge >= 0.3 is 5.97 Å². The lowest BCUT2D eigenvalue weighted by Crippen LogP contribution is -2.14. The minimum Gasteiger partial charge on any atom is -0.489 e. The van der Waals surface area contributed by atoms with Crippen LogP contribution in [0.2, 0.25) is 5.02 Å². The lowest BCUT2D eigenvalue weighted by molar-refractivity contribution is -0.141. The average molecular weight is 300 g/mol. The molecular formula is C14H18ClNO4. The number of hydrogen-bond acceptors (Lipinski definition) is 4. The molecule has 0 bridgehead atoms. The van der Waals surface area contributed by atoms with E-state index < -0.39 is 5.97 Å². The number of benzene rings is 1. The van der Waals surface area contributed by atoms with Crippen LogP contribution in [0.25, 0.3) is 0 Å². The molecule has 110 valence electrons. The first kappa shape index (κ1) is 16.3. The Morgan fingerprint density at radius 2 is 2.00 bits per heavy atom. The number of carbonyl (C=O) groups excluding carboxylic acids is 2. The first-order chi connectivity index (χ1) is 9.42. The van der Waals surface area contributed by atoms with Crippen molar-refractivity contribution in [3.8, 4) is 5.75 Å². The van der Waals surface area contributed by atoms with Gasteiger partial charge in [0, 0.05) is 12.1 Å². The second-order valence-electron chi connectivity index (χ2n) is 4.44. The molecule has 0 saturated heterocycles. The molecule has 0 radical (unpaired) electrons. The van der Waals surface area contributed by atoms with Gasteiger partial charge in [-0.2, -0.15) is 0 Å². The van der Waals surface area contributed by atoms with E-state index in [9.17, 15) is 9.59 Å². The fourth-order valence-corrected chi connectivity index (χ4v) is 1.69. The third-order valence-electron chi connectivity index (χ3n) is 2.36. The highest BCUT2D eigenvalue weighted by molar-refractivity contribution is 6.32. The molecule has 0 fully saturated rings. The summed E-state index contributed by atoms with van der Waals surface area (Å²) in [4.78, 5) is 22.5. The fraction of sp³-hybridized carbons (Fsp3) is 0.429. The Hall–Kier alpha value is -1.75. The van der Waals surface area contributed by atoms with E-state index in [1.165, 1.54) is 7.11 Å². The highest BCUT2D eigenvalue weighted by Gasteiger charge is 2.09. The topological polar surface area (TPSA) is 64.6 Å². The van der Waals surface area contributed by atoms with Crippen LogP contribution in [0.15, 0.2) is 18.2 Å². The molecule has 0 saturated carbocycles. The van der Waals surface area contributed by atoms with Gasteiger partial charge in [0.25, 0.3) is 0 Å². The summed E-state index contributed by atoms with van der Waals surface area (Å²) in [5.41, 5.74) is 0.556. The molecule has 0 aliphatic carbocycles. The van der Waals surface area contributed by atoms with Crippen molar-refractivity contribution in [1.29, 1.82) is 0 Å². The first-order valence-electron chi connectivity index (χ1n) is 6.25. The molecule has 0 unspecified atom stereocenters. The number of rotatable bonds is 6. The summed E-state index contributed by atoms with van der Waals surface area (Å²) in [5.74, 6) is -0.128. The minimum absolute atomic E-state index is 0.0213. The number of esters is 1. The number of halogens is 1. The molecule has 0 aromatic heterocycles. The molecule has 5 nitrogen and oxygen atoms in total. The lowest BCUT2D eigenvalue weighted by Gasteiger charge is -2.12. The quantitative estimate of drug-likeness (QED) is 0.820. The van der Waals surface area contributed by atoms with Crippen LogP contribution in [-0.2, 0) is 14.3 Å². The first-order valence-corrected chi connectivity index (χ1v) is 6.63. The van der Waals surface area contributed by atoms with Gasteiger partial charge in [0.1, 0.15) is 5.75 Å². The molecule has 0 heterocycles. The van der Waals surface area contributed by atoms with Gasteiger partial charge in [0.15, 0.2) is 0 Å². The highest BCUT2D eigenvalue weighted by Crippen LogP contribution is 2.28. The number of amides is 1. The summed E-state index contributed by atoms with van der Waals surface area (Å²) in [6.07, 6.45) is 0.132. The number of ether oxygens (including phenoxy) is 2. The molecule has 1 N–H and O–H groups in total. The third-order valence-corrected chi connectivity index (χ3v) is 2.66. The van der Waals surface area contributed by atoms with Crippen molar-refractivity contribution >= 4 is 29.2 Å². The van der Waals surface area contributed by atoms with Crippen molar-refractivity contribution in [3.63, 3.8) is 0 Å². The summed E-state index contributed by atoms with van der Waals surface area (Å²) >= 11 is 6.06. The zero-order valence-corrected chi connectivity index (χ0v) is 12.5. The van der Waals surface area contributed by atoms with Gasteiger partial charge in [-0.25, -0.2) is 0 Å². The highest BCUT2D eigenvalue weighted by atomic mass is 35.5. The Balaban J connectivity index is 2.58. The Morgan fingerprint density at radius 3 is 2.55 bits per heavy atom. The van der Waals surface area contributed by atoms with Crippen LogP contribution >= 0.6 is 11.6 Å². The number of anilines is 1. The molecule has 0 atom stereocenters. The zero-order valence-electron chi connectivity index (χ0n) is 11.7. The Labute approximate surface area is 123 Å². The van der Waals surface area contributed by atoms with Crippen LogP contribution in [0.3, 0.4) is 0 Å². The molecule has 1 amide bonds. The van der Waals surface area contributed by atoms with Crippen molar-refractivity contribution in [2.24, 2.45) is 0 Å². The summed E-state index contributed by atoms with van der Waals surface area (Å²) in [7, 11) is 1.29. The van der Waals surface area contributed by atoms with Crippen molar-refractivity contribution in [3.05, 3.63) is 23.2 Å². The number of hydrogen-bond donors (Lipinski definition) is 1. The lowest BCUT2D eigenvalue weighted by atomic mass is 10.2. The van der Waals surface area contributed by atoms with Gasteiger partial charge in [-0.3, -0.25) is 9.59 Å². The van der Waals surface area contributed by atoms with Crippen LogP contribution in [0.1, 0.15) is 26.7 Å². The maximum Gasteiger partial charge on any atom is 0.306 e. The fourth-order valence-electron chi connectivity index (χ4n) is 1.47. The predicted octanol–water partition coefficient (Wildman–Crippen LogP) is 3.02. The molecule has 0 aliphatic rings. The third kappa shape index (κ3) is 5.48. The van der Waals surface area contributed by atoms with E-state index in [0.717, 1.165) is 0 Å². The van der Waals surface area contributed by atoms with E-state index in [1.807, 2.05) is 13.8 Å². The second-order valence-corrected chi connectivity index (χ2v) is 4.84. The van der Waals surface area contributed by atoms with E-state index in [2.05, 4.69) is 10.1 Å². The zero-order chi connectivity index (χ0) is 15.1. The summed E-state index contributed by atoms with van der Waals surface area (Å²) in [5, 5.41) is 3.08. The van der Waals surface area contributed by atoms with E-state index in [-0.39, 0.29) is 24.9 Å². The standard InChI is InChI=1S/C14H18ClNO4/c1-9(2)20-12-5-4-10(8-11(12)15)16-13(17)6-7-14(18)19-3/h4-5,8-9H,6-7H2,1-3H3,(H,16,17). The molecule has 1 aromatic carbocycles. The van der Waals surface area contributed by atoms with Crippen molar-refractivity contribution in [1.82, 2.24) is 0 Å². The molecule has 1 aromatic rings. The van der Waals surface area contributed by atoms with Gasteiger partial charge in [0.2, 0.25) is 5.91 Å². The monoisotopic (exact) mass is 299 g/mol. The maximum atomic E-state index is 11.6. The van der Waals surface area contributed by atoms with E-state index in [1.54, 1.807) is 18.2 Å². The largest absolute Gasteiger partial charge is 0.489 e. The Morgan fingerprint density at radius 1 is 1.30 bits per heavy atom. The molecule has 6 heteroatoms. The van der Waals surface area contributed by atoms with E-state index in [4.69, 9.17) is 16.3 Å². The van der Waals surface area contributed by atoms with Crippen molar-refractivity contribution in [2.75, 3.05) is 12.4 Å². The summed E-state index contributed by atoms with van der Waals surface area (Å²) in [6.45, 7) is 3.80. The van der Waals surface area contributed by atoms with Gasteiger partial charge in [-0.15, -0.1) is 0 Å². The van der Waals surface area contributed by atoms with Gasteiger partial charge in [0.05, 0.1) is 24.7 Å². The number of nitrogens with one attached hydrogen (secondary N) is 1. The molecule has 1 rings (SSSR count). The van der Waals surface area contributed by atoms with Crippen LogP contribution in [0, 0.1) is 0 Å². The number of methoxy groups -OCH3 is 1. The summed E-state index contributed by atoms with van der Waals surface area (Å²) in [6, 6.07) is 4.99. The van der Waals surface area contributed by atoms with Crippen molar-refractivity contribution in [2.45, 2.75) is 32.8 Å². The van der Waals surface area contributed by atoms with Gasteiger partial charge < -0.3 is 14.8 Å². The minimum atomic E-state index is -0.418. The SMILES string of the molecule is COC(=O)CCC(=O)Nc1ccc(OC(C)C)c(Cl)c1. The van der Waals surface area contributed by atoms with Gasteiger partial charge in [-0.1, -0.05) is 11.6 Å². The van der Waals surface area contributed by atoms with E-state index in [0.29, 0.717) is 16.5 Å². The maximum absolute atomic E-state index is 11.6. The summed E-state index contributed by atoms with van der Waals surface area (Å²) < 4.78 is 9.96. The Bertz CT molecular complexity index is 488. The Kier molecular flexibility index (Phi) is 6.31. The normalized spacial score (nSPS) is 10.2. The molecule has 0 spiro atoms. The van der Waals surface area contributed by atoms with Gasteiger partial charge in [-0.05, 0) is 32.0 Å².